The van der Waals surface area contributed by atoms with Gasteiger partial charge in [0.05, 0.1) is 0 Å². The fourth-order valence-electron chi connectivity index (χ4n) is 1.29. The van der Waals surface area contributed by atoms with Crippen LogP contribution in [0.15, 0.2) is 23.4 Å². The molecule has 3 nitrogen and oxygen atoms in total. The summed E-state index contributed by atoms with van der Waals surface area (Å²) in [6.07, 6.45) is 7.08. The Bertz CT molecular complexity index is 198. The second-order valence-corrected chi connectivity index (χ2v) is 5.38. The molecule has 0 unspecified atom stereocenters. The van der Waals surface area contributed by atoms with Gasteiger partial charge in [-0.25, -0.2) is 0 Å². The van der Waals surface area contributed by atoms with Gasteiger partial charge in [0.25, 0.3) is 0 Å². The van der Waals surface area contributed by atoms with Crippen LogP contribution in [0, 0.1) is 0 Å². The van der Waals surface area contributed by atoms with E-state index in [1.807, 2.05) is 6.08 Å². The highest BCUT2D eigenvalue weighted by molar-refractivity contribution is 6.69. The Morgan fingerprint density at radius 2 is 1.75 bits per heavy atom. The highest BCUT2D eigenvalue weighted by atomic mass is 28.4. The van der Waals surface area contributed by atoms with Gasteiger partial charge in [-0.1, -0.05) is 18.2 Å². The average molecular weight is 186 g/mol. The Labute approximate surface area is 74.0 Å². The van der Waals surface area contributed by atoms with E-state index in [4.69, 9.17) is 13.3 Å². The first kappa shape index (κ1) is 9.66. The van der Waals surface area contributed by atoms with E-state index in [1.165, 1.54) is 0 Å². The van der Waals surface area contributed by atoms with Crippen molar-refractivity contribution in [2.75, 3.05) is 21.3 Å². The molecule has 1 aliphatic carbocycles. The van der Waals surface area contributed by atoms with Crippen molar-refractivity contribution in [3.05, 3.63) is 23.4 Å². The van der Waals surface area contributed by atoms with Gasteiger partial charge in [0.1, 0.15) is 0 Å². The zero-order chi connectivity index (χ0) is 9.03. The number of hydrogen-bond acceptors (Lipinski definition) is 3. The largest absolute Gasteiger partial charge is 0.536 e. The van der Waals surface area contributed by atoms with E-state index >= 15 is 0 Å². The first-order valence-corrected chi connectivity index (χ1v) is 5.54. The van der Waals surface area contributed by atoms with Crippen LogP contribution in [0.1, 0.15) is 6.42 Å². The first-order chi connectivity index (χ1) is 5.79. The topological polar surface area (TPSA) is 27.7 Å². The van der Waals surface area contributed by atoms with Crippen molar-refractivity contribution in [1.82, 2.24) is 0 Å². The van der Waals surface area contributed by atoms with Gasteiger partial charge in [0.2, 0.25) is 0 Å². The van der Waals surface area contributed by atoms with Crippen molar-refractivity contribution in [3.8, 4) is 0 Å². The maximum atomic E-state index is 5.30. The molecule has 0 saturated heterocycles. The third-order valence-electron chi connectivity index (χ3n) is 1.93. The second kappa shape index (κ2) is 4.00. The predicted molar refractivity (Wildman–Crippen MR) is 48.6 cm³/mol. The molecule has 0 aromatic carbocycles. The summed E-state index contributed by atoms with van der Waals surface area (Å²) < 4.78 is 15.9. The molecule has 0 aromatic rings. The molecule has 0 N–H and O–H groups in total. The molecule has 0 bridgehead atoms. The van der Waals surface area contributed by atoms with Gasteiger partial charge in [-0.05, 0) is 6.42 Å². The van der Waals surface area contributed by atoms with Crippen LogP contribution in [0.5, 0.6) is 0 Å². The second-order valence-electron chi connectivity index (χ2n) is 2.47. The molecule has 0 aromatic heterocycles. The van der Waals surface area contributed by atoms with Gasteiger partial charge in [0, 0.05) is 26.5 Å². The monoisotopic (exact) mass is 186 g/mol. The van der Waals surface area contributed by atoms with E-state index < -0.39 is 8.80 Å². The van der Waals surface area contributed by atoms with Crippen LogP contribution in [-0.4, -0.2) is 30.1 Å². The third kappa shape index (κ3) is 1.51. The maximum Gasteiger partial charge on any atom is 0.536 e. The summed E-state index contributed by atoms with van der Waals surface area (Å²) in [6.45, 7) is 0. The Balaban J connectivity index is 2.83. The zero-order valence-electron chi connectivity index (χ0n) is 7.66. The van der Waals surface area contributed by atoms with Crippen molar-refractivity contribution in [3.63, 3.8) is 0 Å². The van der Waals surface area contributed by atoms with Gasteiger partial charge in [-0.15, -0.1) is 0 Å². The summed E-state index contributed by atoms with van der Waals surface area (Å²) in [7, 11) is 2.34. The Kier molecular flexibility index (Phi) is 3.22. The molecule has 1 rings (SSSR count). The zero-order valence-corrected chi connectivity index (χ0v) is 8.66. The Morgan fingerprint density at radius 3 is 2.08 bits per heavy atom. The molecule has 0 atom stereocenters. The van der Waals surface area contributed by atoms with Crippen molar-refractivity contribution in [2.45, 2.75) is 6.42 Å². The van der Waals surface area contributed by atoms with Crippen molar-refractivity contribution in [2.24, 2.45) is 0 Å². The summed E-state index contributed by atoms with van der Waals surface area (Å²) >= 11 is 0. The SMILES string of the molecule is CO[Si](OC)(OC)C1=CCC=C1. The number of allylic oxidation sites excluding steroid dienone is 4. The van der Waals surface area contributed by atoms with Crippen LogP contribution in [0.3, 0.4) is 0 Å². The lowest BCUT2D eigenvalue weighted by Gasteiger charge is -2.24. The molecule has 0 spiro atoms. The molecule has 0 amide bonds. The summed E-state index contributed by atoms with van der Waals surface area (Å²) in [5.74, 6) is 0. The average Bonchev–Trinajstić information content (AvgIpc) is 2.62. The minimum atomic E-state index is -2.51. The van der Waals surface area contributed by atoms with Crippen molar-refractivity contribution in [1.29, 1.82) is 0 Å². The molecular weight excluding hydrogens is 172 g/mol. The molecule has 4 heteroatoms. The molecule has 0 saturated carbocycles. The van der Waals surface area contributed by atoms with Crippen LogP contribution in [0.25, 0.3) is 0 Å². The standard InChI is InChI=1S/C8H14O3Si/c1-9-12(10-2,11-3)8-6-4-5-7-8/h4,6-7H,5H2,1-3H3. The highest BCUT2D eigenvalue weighted by Gasteiger charge is 2.42. The molecule has 1 aliphatic rings. The van der Waals surface area contributed by atoms with Gasteiger partial charge in [0.15, 0.2) is 0 Å². The normalized spacial score (nSPS) is 16.8. The highest BCUT2D eigenvalue weighted by Crippen LogP contribution is 2.23. The maximum absolute atomic E-state index is 5.30. The Hall–Kier alpha value is -0.423. The number of hydrogen-bond donors (Lipinski definition) is 0. The molecule has 0 radical (unpaired) electrons. The fourth-order valence-corrected chi connectivity index (χ4v) is 3.19. The van der Waals surface area contributed by atoms with Gasteiger partial charge in [-0.3, -0.25) is 0 Å². The predicted octanol–water partition coefficient (Wildman–Crippen LogP) is 1.29. The van der Waals surface area contributed by atoms with Crippen LogP contribution in [0.4, 0.5) is 0 Å². The van der Waals surface area contributed by atoms with E-state index in [1.54, 1.807) is 21.3 Å². The molecule has 0 fully saturated rings. The van der Waals surface area contributed by atoms with E-state index in [0.29, 0.717) is 0 Å². The van der Waals surface area contributed by atoms with Crippen molar-refractivity contribution >= 4 is 8.80 Å². The molecule has 12 heavy (non-hydrogen) atoms. The van der Waals surface area contributed by atoms with Gasteiger partial charge in [-0.2, -0.15) is 0 Å². The lowest BCUT2D eigenvalue weighted by atomic mass is 10.5. The van der Waals surface area contributed by atoms with E-state index in [0.717, 1.165) is 11.6 Å². The quantitative estimate of drug-likeness (QED) is 0.619. The molecule has 68 valence electrons. The summed E-state index contributed by atoms with van der Waals surface area (Å²) in [5.41, 5.74) is 0. The van der Waals surface area contributed by atoms with E-state index in [9.17, 15) is 0 Å². The summed E-state index contributed by atoms with van der Waals surface area (Å²) in [5, 5.41) is 1.05. The first-order valence-electron chi connectivity index (χ1n) is 3.81. The minimum Gasteiger partial charge on any atom is -0.373 e. The van der Waals surface area contributed by atoms with Crippen LogP contribution >= 0.6 is 0 Å². The molecular formula is C8H14O3Si. The van der Waals surface area contributed by atoms with Crippen LogP contribution < -0.4 is 0 Å². The van der Waals surface area contributed by atoms with E-state index in [-0.39, 0.29) is 0 Å². The molecule has 0 heterocycles. The number of rotatable bonds is 4. The molecule has 0 aliphatic heterocycles. The van der Waals surface area contributed by atoms with Gasteiger partial charge < -0.3 is 13.3 Å². The summed E-state index contributed by atoms with van der Waals surface area (Å²) in [6, 6.07) is 0. The van der Waals surface area contributed by atoms with Gasteiger partial charge >= 0.3 is 8.80 Å². The fraction of sp³-hybridized carbons (Fsp3) is 0.500. The van der Waals surface area contributed by atoms with Crippen LogP contribution in [-0.2, 0) is 13.3 Å². The smallest absolute Gasteiger partial charge is 0.373 e. The minimum absolute atomic E-state index is 0.945. The summed E-state index contributed by atoms with van der Waals surface area (Å²) in [4.78, 5) is 0. The lowest BCUT2D eigenvalue weighted by Crippen LogP contribution is -2.44. The van der Waals surface area contributed by atoms with E-state index in [2.05, 4.69) is 12.2 Å². The lowest BCUT2D eigenvalue weighted by molar-refractivity contribution is 0.136. The van der Waals surface area contributed by atoms with Crippen molar-refractivity contribution < 1.29 is 13.3 Å². The third-order valence-corrected chi connectivity index (χ3v) is 4.62. The van der Waals surface area contributed by atoms with Crippen LogP contribution in [0.2, 0.25) is 0 Å². The Morgan fingerprint density at radius 1 is 1.17 bits per heavy atom.